The smallest absolute Gasteiger partial charge is 0.475 e. The Morgan fingerprint density at radius 2 is 1.86 bits per heavy atom. The predicted molar refractivity (Wildman–Crippen MR) is 74.6 cm³/mol. The zero-order chi connectivity index (χ0) is 16.8. The Kier molecular flexibility index (Phi) is 6.89. The minimum Gasteiger partial charge on any atom is -0.475 e. The minimum atomic E-state index is -5.08. The van der Waals surface area contributed by atoms with Gasteiger partial charge in [0, 0.05) is 11.1 Å². The first-order chi connectivity index (χ1) is 10.2. The summed E-state index contributed by atoms with van der Waals surface area (Å²) in [5, 5.41) is 14.0. The summed E-state index contributed by atoms with van der Waals surface area (Å²) in [6, 6.07) is 5.10. The molecule has 0 saturated carbocycles. The largest absolute Gasteiger partial charge is 0.490 e. The van der Waals surface area contributed by atoms with Gasteiger partial charge in [0.2, 0.25) is 0 Å². The van der Waals surface area contributed by atoms with E-state index in [-0.39, 0.29) is 5.82 Å². The van der Waals surface area contributed by atoms with E-state index < -0.39 is 12.1 Å². The molecule has 1 saturated heterocycles. The Morgan fingerprint density at radius 3 is 2.32 bits per heavy atom. The van der Waals surface area contributed by atoms with Gasteiger partial charge in [-0.25, -0.2) is 9.18 Å². The second-order valence-corrected chi connectivity index (χ2v) is 5.03. The molecule has 124 valence electrons. The highest BCUT2D eigenvalue weighted by atomic mass is 35.5. The normalized spacial score (nSPS) is 15.7. The molecule has 9 heteroatoms. The molecule has 1 aliphatic heterocycles. The standard InChI is InChI=1S/C11H14ClFN2.C2HF3O2/c12-8-1-2-11(10(13)7-8)15-9-3-5-14-6-4-9;3-2(4,5)1(6)7/h1-2,7,9,14-15H,3-6H2;(H,6,7). The maximum Gasteiger partial charge on any atom is 0.490 e. The number of carboxylic acid groups (broad SMARTS) is 1. The van der Waals surface area contributed by atoms with Gasteiger partial charge in [-0.05, 0) is 44.1 Å². The SMILES string of the molecule is Fc1cc(Cl)ccc1NC1CCNCC1.O=C(O)C(F)(F)F. The highest BCUT2D eigenvalue weighted by molar-refractivity contribution is 6.30. The van der Waals surface area contributed by atoms with Crippen LogP contribution in [-0.4, -0.2) is 36.4 Å². The van der Waals surface area contributed by atoms with Gasteiger partial charge >= 0.3 is 12.1 Å². The number of benzene rings is 1. The van der Waals surface area contributed by atoms with Gasteiger partial charge in [0.1, 0.15) is 5.82 Å². The third kappa shape index (κ3) is 6.48. The number of carboxylic acids is 1. The van der Waals surface area contributed by atoms with E-state index in [0.717, 1.165) is 25.9 Å². The van der Waals surface area contributed by atoms with Crippen LogP contribution in [-0.2, 0) is 4.79 Å². The van der Waals surface area contributed by atoms with Crippen LogP contribution in [0, 0.1) is 5.82 Å². The number of hydrogen-bond acceptors (Lipinski definition) is 3. The van der Waals surface area contributed by atoms with Crippen LogP contribution in [0.4, 0.5) is 23.2 Å². The van der Waals surface area contributed by atoms with Gasteiger partial charge in [-0.1, -0.05) is 11.6 Å². The number of halogens is 5. The average Bonchev–Trinajstić information content (AvgIpc) is 2.43. The molecule has 0 unspecified atom stereocenters. The van der Waals surface area contributed by atoms with Crippen molar-refractivity contribution >= 4 is 23.3 Å². The van der Waals surface area contributed by atoms with Crippen molar-refractivity contribution in [3.05, 3.63) is 29.0 Å². The maximum atomic E-state index is 13.4. The highest BCUT2D eigenvalue weighted by Crippen LogP contribution is 2.21. The molecule has 0 aliphatic carbocycles. The number of piperidine rings is 1. The highest BCUT2D eigenvalue weighted by Gasteiger charge is 2.38. The van der Waals surface area contributed by atoms with Gasteiger partial charge in [-0.15, -0.1) is 0 Å². The number of nitrogens with one attached hydrogen (secondary N) is 2. The Balaban J connectivity index is 0.000000295. The molecule has 3 N–H and O–H groups in total. The van der Waals surface area contributed by atoms with E-state index in [4.69, 9.17) is 21.5 Å². The molecule has 2 rings (SSSR count). The molecule has 1 aromatic rings. The Morgan fingerprint density at radius 1 is 1.32 bits per heavy atom. The summed E-state index contributed by atoms with van der Waals surface area (Å²) in [6.07, 6.45) is -3.02. The van der Waals surface area contributed by atoms with Crippen LogP contribution in [0.1, 0.15) is 12.8 Å². The van der Waals surface area contributed by atoms with Crippen molar-refractivity contribution in [1.29, 1.82) is 0 Å². The van der Waals surface area contributed by atoms with Crippen LogP contribution >= 0.6 is 11.6 Å². The first-order valence-electron chi connectivity index (χ1n) is 6.42. The number of alkyl halides is 3. The molecular weight excluding hydrogens is 328 g/mol. The average molecular weight is 343 g/mol. The fourth-order valence-corrected chi connectivity index (χ4v) is 1.95. The second kappa shape index (κ2) is 8.19. The summed E-state index contributed by atoms with van der Waals surface area (Å²) in [7, 11) is 0. The van der Waals surface area contributed by atoms with Gasteiger partial charge in [-0.3, -0.25) is 0 Å². The fraction of sp³-hybridized carbons (Fsp3) is 0.462. The van der Waals surface area contributed by atoms with E-state index in [9.17, 15) is 17.6 Å². The number of carbonyl (C=O) groups is 1. The molecule has 1 heterocycles. The zero-order valence-electron chi connectivity index (χ0n) is 11.4. The molecule has 0 aromatic heterocycles. The molecule has 0 bridgehead atoms. The van der Waals surface area contributed by atoms with E-state index in [0.29, 0.717) is 16.8 Å². The van der Waals surface area contributed by atoms with Crippen LogP contribution in [0.5, 0.6) is 0 Å². The van der Waals surface area contributed by atoms with Gasteiger partial charge in [-0.2, -0.15) is 13.2 Å². The predicted octanol–water partition coefficient (Wildman–Crippen LogP) is 3.28. The lowest BCUT2D eigenvalue weighted by atomic mass is 10.1. The molecule has 1 aromatic carbocycles. The van der Waals surface area contributed by atoms with Crippen molar-refractivity contribution < 1.29 is 27.5 Å². The lowest BCUT2D eigenvalue weighted by molar-refractivity contribution is -0.192. The topological polar surface area (TPSA) is 61.4 Å². The molecule has 0 spiro atoms. The van der Waals surface area contributed by atoms with Gasteiger partial charge in [0.15, 0.2) is 0 Å². The van der Waals surface area contributed by atoms with E-state index >= 15 is 0 Å². The van der Waals surface area contributed by atoms with E-state index in [2.05, 4.69) is 10.6 Å². The van der Waals surface area contributed by atoms with Gasteiger partial charge in [0.25, 0.3) is 0 Å². The lowest BCUT2D eigenvalue weighted by Crippen LogP contribution is -2.35. The lowest BCUT2D eigenvalue weighted by Gasteiger charge is -2.24. The Bertz CT molecular complexity index is 505. The summed E-state index contributed by atoms with van der Waals surface area (Å²) in [6.45, 7) is 1.99. The van der Waals surface area contributed by atoms with Crippen LogP contribution in [0.3, 0.4) is 0 Å². The van der Waals surface area contributed by atoms with Gasteiger partial charge in [0.05, 0.1) is 5.69 Å². The van der Waals surface area contributed by atoms with Crippen LogP contribution in [0.2, 0.25) is 5.02 Å². The maximum absolute atomic E-state index is 13.4. The molecule has 1 aliphatic rings. The van der Waals surface area contributed by atoms with Crippen molar-refractivity contribution in [2.24, 2.45) is 0 Å². The third-order valence-corrected chi connectivity index (χ3v) is 3.11. The number of rotatable bonds is 2. The molecule has 0 amide bonds. The van der Waals surface area contributed by atoms with Crippen LogP contribution < -0.4 is 10.6 Å². The second-order valence-electron chi connectivity index (χ2n) is 4.60. The monoisotopic (exact) mass is 342 g/mol. The van der Waals surface area contributed by atoms with E-state index in [1.54, 1.807) is 12.1 Å². The summed E-state index contributed by atoms with van der Waals surface area (Å²) in [4.78, 5) is 8.90. The quantitative estimate of drug-likeness (QED) is 0.722. The summed E-state index contributed by atoms with van der Waals surface area (Å²) in [5.74, 6) is -3.03. The summed E-state index contributed by atoms with van der Waals surface area (Å²) >= 11 is 5.68. The Labute approximate surface area is 129 Å². The van der Waals surface area contributed by atoms with Crippen molar-refractivity contribution in [3.8, 4) is 0 Å². The van der Waals surface area contributed by atoms with E-state index in [1.165, 1.54) is 6.07 Å². The summed E-state index contributed by atoms with van der Waals surface area (Å²) < 4.78 is 45.2. The first-order valence-corrected chi connectivity index (χ1v) is 6.80. The summed E-state index contributed by atoms with van der Waals surface area (Å²) in [5.41, 5.74) is 0.548. The molecule has 22 heavy (non-hydrogen) atoms. The van der Waals surface area contributed by atoms with Crippen LogP contribution in [0.25, 0.3) is 0 Å². The number of aliphatic carboxylic acids is 1. The van der Waals surface area contributed by atoms with Crippen molar-refractivity contribution in [3.63, 3.8) is 0 Å². The first kappa shape index (κ1) is 18.5. The zero-order valence-corrected chi connectivity index (χ0v) is 12.1. The molecule has 4 nitrogen and oxygen atoms in total. The third-order valence-electron chi connectivity index (χ3n) is 2.87. The van der Waals surface area contributed by atoms with Crippen molar-refractivity contribution in [1.82, 2.24) is 5.32 Å². The van der Waals surface area contributed by atoms with Crippen molar-refractivity contribution in [2.45, 2.75) is 25.1 Å². The molecule has 1 fully saturated rings. The van der Waals surface area contributed by atoms with Gasteiger partial charge < -0.3 is 15.7 Å². The van der Waals surface area contributed by atoms with E-state index in [1.807, 2.05) is 0 Å². The molecule has 0 atom stereocenters. The van der Waals surface area contributed by atoms with Crippen LogP contribution in [0.15, 0.2) is 18.2 Å². The molecular formula is C13H15ClF4N2O2. The van der Waals surface area contributed by atoms with Crippen molar-refractivity contribution in [2.75, 3.05) is 18.4 Å². The Hall–Kier alpha value is -1.54. The number of anilines is 1. The minimum absolute atomic E-state index is 0.277. The number of hydrogen-bond donors (Lipinski definition) is 3. The fourth-order valence-electron chi connectivity index (χ4n) is 1.79. The molecule has 0 radical (unpaired) electrons.